The van der Waals surface area contributed by atoms with Crippen LogP contribution in [0.25, 0.3) is 22.0 Å². The van der Waals surface area contributed by atoms with Gasteiger partial charge in [-0.1, -0.05) is 26.0 Å². The number of methoxy groups -OCH3 is 1. The number of aromatic nitrogens is 1. The fourth-order valence-corrected chi connectivity index (χ4v) is 12.3. The van der Waals surface area contributed by atoms with Crippen LogP contribution < -0.4 is 18.9 Å². The van der Waals surface area contributed by atoms with Gasteiger partial charge in [0.05, 0.1) is 54.5 Å². The number of ether oxygens (including phenoxy) is 4. The molecule has 3 heterocycles. The third-order valence-electron chi connectivity index (χ3n) is 14.9. The first-order valence-corrected chi connectivity index (χ1v) is 25.4. The molecule has 9 rings (SSSR count). The minimum absolute atomic E-state index is 0.0171. The van der Waals surface area contributed by atoms with Crippen molar-refractivity contribution < 1.29 is 50.9 Å². The van der Waals surface area contributed by atoms with Crippen LogP contribution in [-0.4, -0.2) is 85.1 Å². The Morgan fingerprint density at radius 3 is 2.41 bits per heavy atom. The van der Waals surface area contributed by atoms with E-state index in [9.17, 15) is 22.8 Å². The van der Waals surface area contributed by atoms with Gasteiger partial charge in [-0.05, 0) is 149 Å². The zero-order valence-electron chi connectivity index (χ0n) is 38.5. The van der Waals surface area contributed by atoms with Crippen LogP contribution in [0.15, 0.2) is 54.6 Å². The van der Waals surface area contributed by atoms with Crippen molar-refractivity contribution in [2.24, 2.45) is 40.9 Å². The van der Waals surface area contributed by atoms with Gasteiger partial charge in [0.15, 0.2) is 17.3 Å². The molecule has 1 unspecified atom stereocenters. The minimum Gasteiger partial charge on any atom is -0.494 e. The minimum atomic E-state index is -3.91. The number of carbonyl (C=O) groups is 4. The van der Waals surface area contributed by atoms with Gasteiger partial charge in [0.25, 0.3) is 0 Å². The van der Waals surface area contributed by atoms with Crippen molar-refractivity contribution in [3.63, 3.8) is 0 Å². The smallest absolute Gasteiger partial charge is 0.306 e. The third kappa shape index (κ3) is 9.82. The van der Waals surface area contributed by atoms with E-state index >= 15 is 9.18 Å². The van der Waals surface area contributed by atoms with Crippen molar-refractivity contribution >= 4 is 44.4 Å². The van der Waals surface area contributed by atoms with Gasteiger partial charge >= 0.3 is 5.97 Å². The number of halogens is 1. The first kappa shape index (κ1) is 46.1. The number of esters is 1. The number of rotatable bonds is 12. The van der Waals surface area contributed by atoms with Crippen LogP contribution >= 0.6 is 0 Å². The number of carbonyl (C=O) groups excluding carboxylic acids is 4. The number of hydrogen-bond acceptors (Lipinski definition) is 11. The first-order chi connectivity index (χ1) is 31.5. The van der Waals surface area contributed by atoms with Crippen LogP contribution in [0.3, 0.4) is 0 Å². The number of sulfonamides is 1. The lowest BCUT2D eigenvalue weighted by molar-refractivity contribution is -0.155. The quantitative estimate of drug-likeness (QED) is 0.138. The zero-order chi connectivity index (χ0) is 46.7. The van der Waals surface area contributed by atoms with Crippen molar-refractivity contribution in [3.8, 4) is 28.6 Å². The Hall–Kier alpha value is -5.05. The van der Waals surface area contributed by atoms with Gasteiger partial charge in [-0.15, -0.1) is 0 Å². The fraction of sp³-hybridized carbons (Fsp3) is 0.588. The monoisotopic (exact) mass is 927 g/mol. The molecule has 0 bridgehead atoms. The topological polar surface area (TPSA) is 167 Å². The molecular weight excluding hydrogens is 866 g/mol. The predicted molar refractivity (Wildman–Crippen MR) is 244 cm³/mol. The van der Waals surface area contributed by atoms with Gasteiger partial charge in [-0.2, -0.15) is 0 Å². The molecule has 5 fully saturated rings. The molecule has 13 nitrogen and oxygen atoms in total. The summed E-state index contributed by atoms with van der Waals surface area (Å²) in [6.45, 7) is 7.93. The molecule has 15 heteroatoms. The van der Waals surface area contributed by atoms with E-state index in [1.165, 1.54) is 24.5 Å². The second-order valence-electron chi connectivity index (χ2n) is 20.5. The second-order valence-corrected chi connectivity index (χ2v) is 22.4. The molecule has 354 valence electrons. The van der Waals surface area contributed by atoms with E-state index in [-0.39, 0.29) is 79.7 Å². The van der Waals surface area contributed by atoms with Crippen LogP contribution in [0.5, 0.6) is 17.4 Å². The number of nitrogens with one attached hydrogen (secondary N) is 1. The normalized spacial score (nSPS) is 31.5. The van der Waals surface area contributed by atoms with Crippen molar-refractivity contribution in [3.05, 3.63) is 60.4 Å². The van der Waals surface area contributed by atoms with Gasteiger partial charge in [0, 0.05) is 23.8 Å². The molecule has 10 atom stereocenters. The summed E-state index contributed by atoms with van der Waals surface area (Å²) in [5.41, 5.74) is -0.0601. The highest BCUT2D eigenvalue weighted by atomic mass is 32.2. The molecule has 1 saturated heterocycles. The maximum absolute atomic E-state index is 15.5. The van der Waals surface area contributed by atoms with Crippen LogP contribution in [0, 0.1) is 46.7 Å². The van der Waals surface area contributed by atoms with Crippen LogP contribution in [-0.2, 0) is 33.9 Å². The highest BCUT2D eigenvalue weighted by Crippen LogP contribution is 2.57. The Kier molecular flexibility index (Phi) is 12.7. The molecule has 2 amide bonds. The lowest BCUT2D eigenvalue weighted by Gasteiger charge is -2.32. The Labute approximate surface area is 386 Å². The summed E-state index contributed by atoms with van der Waals surface area (Å²) in [7, 11) is -2.52. The predicted octanol–water partition coefficient (Wildman–Crippen LogP) is 8.12. The molecule has 0 radical (unpaired) electrons. The van der Waals surface area contributed by atoms with Crippen molar-refractivity contribution in [2.75, 3.05) is 13.7 Å². The second kappa shape index (κ2) is 18.2. The summed E-state index contributed by atoms with van der Waals surface area (Å²) in [6, 6.07) is 11.0. The number of pyridine rings is 1. The van der Waals surface area contributed by atoms with Gasteiger partial charge in [-0.25, -0.2) is 17.8 Å². The molecule has 6 aliphatic rings. The number of allylic oxidation sites excluding steroid dienone is 2. The summed E-state index contributed by atoms with van der Waals surface area (Å²) in [4.78, 5) is 64.4. The van der Waals surface area contributed by atoms with Crippen LogP contribution in [0.2, 0.25) is 0 Å². The zero-order valence-corrected chi connectivity index (χ0v) is 39.3. The van der Waals surface area contributed by atoms with Crippen LogP contribution in [0.1, 0.15) is 105 Å². The highest BCUT2D eigenvalue weighted by Gasteiger charge is 2.62. The summed E-state index contributed by atoms with van der Waals surface area (Å²) in [6.07, 6.45) is 8.74. The van der Waals surface area contributed by atoms with Crippen molar-refractivity contribution in [1.29, 1.82) is 0 Å². The summed E-state index contributed by atoms with van der Waals surface area (Å²) < 4.78 is 67.9. The number of hydrogen-bond donors (Lipinski definition) is 1. The van der Waals surface area contributed by atoms with Crippen molar-refractivity contribution in [2.45, 2.75) is 134 Å². The number of benzene rings is 2. The lowest BCUT2D eigenvalue weighted by Crippen LogP contribution is -2.47. The highest BCUT2D eigenvalue weighted by molar-refractivity contribution is 7.90. The average molecular weight is 928 g/mol. The number of amides is 2. The Morgan fingerprint density at radius 1 is 0.970 bits per heavy atom. The van der Waals surface area contributed by atoms with E-state index in [1.807, 2.05) is 63.3 Å². The van der Waals surface area contributed by atoms with E-state index in [4.69, 9.17) is 23.9 Å². The standard InChI is InChI=1S/C51H62FN3O10S/c1-28(2)63-36-12-10-31(11-13-36)43-20-34-21-46(62-5)42(52)23-41(34)48(53-43)65-38-22-44-45(56)26-51(50(59)54-66(60,61)39-14-15-39)25-35(51)9-7-6-8-29(3)16-30(4)40(49(58)55(44)27-38)24-47(57)64-37-18-32-17-33(32)19-37/h7,9-13,20-21,23,28-30,32-33,35,37-40,44H,6,8,14-19,22,24-27H2,1-5H3,(H,54,59)/b9-7-/t29-,30-,32-,33+,35-,37?,38-,40+,44+,51-/m1/s1. The maximum atomic E-state index is 15.5. The van der Waals surface area contributed by atoms with E-state index in [2.05, 4.69) is 11.6 Å². The summed E-state index contributed by atoms with van der Waals surface area (Å²) in [5.74, 6) is -1.80. The van der Waals surface area contributed by atoms with E-state index in [1.54, 1.807) is 6.07 Å². The van der Waals surface area contributed by atoms with Gasteiger partial charge in [0.1, 0.15) is 18.0 Å². The number of Topliss-reactive ketones (excluding diaryl/α,β-unsaturated/α-hetero) is 1. The summed E-state index contributed by atoms with van der Waals surface area (Å²) >= 11 is 0. The molecule has 2 aromatic carbocycles. The molecule has 4 aliphatic carbocycles. The van der Waals surface area contributed by atoms with Gasteiger partial charge in [-0.3, -0.25) is 23.9 Å². The maximum Gasteiger partial charge on any atom is 0.306 e. The van der Waals surface area contributed by atoms with E-state index < -0.39 is 62.2 Å². The Morgan fingerprint density at radius 2 is 1.71 bits per heavy atom. The lowest BCUT2D eigenvalue weighted by atomic mass is 9.82. The van der Waals surface area contributed by atoms with Crippen LogP contribution in [0.4, 0.5) is 4.39 Å². The Bertz CT molecular complexity index is 2520. The van der Waals surface area contributed by atoms with Gasteiger partial charge < -0.3 is 23.8 Å². The molecule has 66 heavy (non-hydrogen) atoms. The Balaban J connectivity index is 1.06. The van der Waals surface area contributed by atoms with Gasteiger partial charge in [0.2, 0.25) is 27.7 Å². The number of nitrogens with zero attached hydrogens (tertiary/aromatic N) is 2. The molecule has 2 aliphatic heterocycles. The fourth-order valence-electron chi connectivity index (χ4n) is 10.9. The molecular formula is C51H62FN3O10S. The first-order valence-electron chi connectivity index (χ1n) is 23.9. The molecule has 4 saturated carbocycles. The third-order valence-corrected chi connectivity index (χ3v) is 16.7. The number of fused-ring (bicyclic) bond motifs is 4. The SMILES string of the molecule is COc1cc2cc(-c3ccc(OC(C)C)cc3)nc(O[C@@H]3C[C@H]4C(=O)C[C@]5(C(=O)NS(=O)(=O)C6CC6)C[C@H]5/C=C\CC[C@@H](C)C[C@@H](C)[C@H](CC(=O)OC5C[C@@H]6C[C@@H]6C5)C(=O)N4C3)c2cc1F. The van der Waals surface area contributed by atoms with Crippen molar-refractivity contribution in [1.82, 2.24) is 14.6 Å². The molecule has 3 aromatic rings. The average Bonchev–Trinajstić information content (AvgIpc) is 4.23. The number of ketones is 1. The van der Waals surface area contributed by atoms with E-state index in [0.29, 0.717) is 59.7 Å². The summed E-state index contributed by atoms with van der Waals surface area (Å²) in [5, 5.41) is 0.303. The molecule has 0 spiro atoms. The van der Waals surface area contributed by atoms with E-state index in [0.717, 1.165) is 24.8 Å². The molecule has 1 N–H and O–H groups in total. The largest absolute Gasteiger partial charge is 0.494 e. The molecule has 1 aromatic heterocycles.